The van der Waals surface area contributed by atoms with Crippen LogP contribution in [0.2, 0.25) is 0 Å². The minimum Gasteiger partial charge on any atom is -0.389 e. The van der Waals surface area contributed by atoms with Gasteiger partial charge in [0, 0.05) is 35.3 Å². The highest BCUT2D eigenvalue weighted by Crippen LogP contribution is 2.48. The van der Waals surface area contributed by atoms with E-state index in [9.17, 15) is 9.65 Å². The molecule has 0 bridgehead atoms. The van der Waals surface area contributed by atoms with Crippen molar-refractivity contribution >= 4 is 38.0 Å². The number of pyridine rings is 1. The van der Waals surface area contributed by atoms with Crippen LogP contribution in [0.25, 0.3) is 15.7 Å². The molecule has 4 aliphatic rings. The van der Waals surface area contributed by atoms with E-state index in [0.29, 0.717) is 46.0 Å². The van der Waals surface area contributed by atoms with Crippen molar-refractivity contribution < 1.29 is 9.13 Å². The zero-order valence-electron chi connectivity index (χ0n) is 20.0. The molecule has 0 saturated carbocycles. The maximum atomic E-state index is 14.8. The predicted molar refractivity (Wildman–Crippen MR) is 136 cm³/mol. The number of nitrogens with zero attached hydrogens (tertiary/aromatic N) is 4. The summed E-state index contributed by atoms with van der Waals surface area (Å²) in [6, 6.07) is 2.40. The molecule has 3 aliphatic heterocycles. The van der Waals surface area contributed by atoms with E-state index in [1.54, 1.807) is 0 Å². The minimum atomic E-state index is -0.465. The number of nitrogens with one attached hydrogen (secondary N) is 1. The monoisotopic (exact) mass is 490 g/mol. The van der Waals surface area contributed by atoms with Crippen molar-refractivity contribution in [2.75, 3.05) is 25.5 Å². The van der Waals surface area contributed by atoms with Crippen LogP contribution in [0.1, 0.15) is 44.9 Å². The van der Waals surface area contributed by atoms with E-state index >= 15 is 0 Å². The molecule has 1 fully saturated rings. The second-order valence-corrected chi connectivity index (χ2v) is 10.7. The lowest BCUT2D eigenvalue weighted by Crippen LogP contribution is -2.45. The summed E-state index contributed by atoms with van der Waals surface area (Å²) in [5.74, 6) is 1.03. The lowest BCUT2D eigenvalue weighted by Gasteiger charge is -2.35. The molecule has 3 atom stereocenters. The summed E-state index contributed by atoms with van der Waals surface area (Å²) in [6.07, 6.45) is 5.19. The fourth-order valence-corrected chi connectivity index (χ4v) is 6.73. The third kappa shape index (κ3) is 3.16. The summed E-state index contributed by atoms with van der Waals surface area (Å²) in [6.45, 7) is 8.54. The highest BCUT2D eigenvalue weighted by Gasteiger charge is 2.40. The number of ether oxygens (including phenoxy) is 1. The largest absolute Gasteiger partial charge is 0.389 e. The van der Waals surface area contributed by atoms with E-state index in [1.807, 2.05) is 0 Å². The van der Waals surface area contributed by atoms with Gasteiger partial charge < -0.3 is 20.7 Å². The van der Waals surface area contributed by atoms with Crippen LogP contribution < -0.4 is 11.1 Å². The molecular formula is C26H27FN6OS. The van der Waals surface area contributed by atoms with Crippen molar-refractivity contribution in [3.05, 3.63) is 51.8 Å². The fraction of sp³-hybridized carbons (Fsp3) is 0.423. The molecular weight excluding hydrogens is 463 g/mol. The first-order valence-corrected chi connectivity index (χ1v) is 12.9. The second-order valence-electron chi connectivity index (χ2n) is 9.61. The summed E-state index contributed by atoms with van der Waals surface area (Å²) in [5.41, 5.74) is 12.3. The van der Waals surface area contributed by atoms with Crippen LogP contribution in [0.5, 0.6) is 0 Å². The first kappa shape index (κ1) is 22.3. The van der Waals surface area contributed by atoms with Crippen LogP contribution in [0.3, 0.4) is 0 Å². The molecule has 3 unspecified atom stereocenters. The molecule has 7 nitrogen and oxygen atoms in total. The quantitative estimate of drug-likeness (QED) is 0.650. The Kier molecular flexibility index (Phi) is 5.20. The number of hydrogen-bond donors (Lipinski definition) is 2. The topological polar surface area (TPSA) is 99.6 Å². The normalized spacial score (nSPS) is 25.9. The van der Waals surface area contributed by atoms with Gasteiger partial charge >= 0.3 is 0 Å². The molecule has 180 valence electrons. The molecule has 0 amide bonds. The Morgan fingerprint density at radius 1 is 1.34 bits per heavy atom. The van der Waals surface area contributed by atoms with E-state index in [4.69, 9.17) is 15.5 Å². The number of guanidine groups is 1. The molecule has 2 aromatic rings. The van der Waals surface area contributed by atoms with E-state index in [2.05, 4.69) is 48.2 Å². The number of likely N-dealkylation sites (tertiary alicyclic amines) is 1. The van der Waals surface area contributed by atoms with Crippen LogP contribution in [0, 0.1) is 23.1 Å². The van der Waals surface area contributed by atoms with Crippen LogP contribution in [-0.4, -0.2) is 47.7 Å². The number of nitrogen functional groups attached to an aromatic ring is 1. The second kappa shape index (κ2) is 8.18. The van der Waals surface area contributed by atoms with E-state index in [1.165, 1.54) is 6.20 Å². The highest BCUT2D eigenvalue weighted by atomic mass is 32.1. The van der Waals surface area contributed by atoms with Crippen molar-refractivity contribution in [1.82, 2.24) is 15.2 Å². The summed E-state index contributed by atoms with van der Waals surface area (Å²) >= 11 is 1.10. The molecule has 5 heterocycles. The van der Waals surface area contributed by atoms with Crippen molar-refractivity contribution in [1.29, 1.82) is 5.26 Å². The van der Waals surface area contributed by atoms with Crippen molar-refractivity contribution in [3.63, 3.8) is 0 Å². The molecule has 6 rings (SSSR count). The highest BCUT2D eigenvalue weighted by molar-refractivity contribution is 7.23. The predicted octanol–water partition coefficient (Wildman–Crippen LogP) is 4.34. The summed E-state index contributed by atoms with van der Waals surface area (Å²) in [5, 5.41) is 14.1. The van der Waals surface area contributed by atoms with Crippen molar-refractivity contribution in [2.24, 2.45) is 10.9 Å². The van der Waals surface area contributed by atoms with E-state index < -0.39 is 5.82 Å². The van der Waals surface area contributed by atoms with Gasteiger partial charge in [-0.2, -0.15) is 5.26 Å². The van der Waals surface area contributed by atoms with Gasteiger partial charge in [0.15, 0.2) is 11.8 Å². The first-order chi connectivity index (χ1) is 16.9. The molecule has 0 aromatic carbocycles. The van der Waals surface area contributed by atoms with Crippen LogP contribution in [-0.2, 0) is 4.74 Å². The lowest BCUT2D eigenvalue weighted by atomic mass is 9.77. The third-order valence-corrected chi connectivity index (χ3v) is 8.93. The maximum absolute atomic E-state index is 14.8. The maximum Gasteiger partial charge on any atom is 0.199 e. The summed E-state index contributed by atoms with van der Waals surface area (Å²) < 4.78 is 21.0. The number of rotatable bonds is 2. The number of fused-ring (bicyclic) bond motifs is 3. The van der Waals surface area contributed by atoms with Crippen LogP contribution in [0.4, 0.5) is 9.39 Å². The number of aromatic nitrogens is 1. The smallest absolute Gasteiger partial charge is 0.199 e. The Balaban J connectivity index is 1.58. The Bertz CT molecular complexity index is 1430. The zero-order chi connectivity index (χ0) is 24.4. The van der Waals surface area contributed by atoms with Crippen molar-refractivity contribution in [3.8, 4) is 6.07 Å². The number of anilines is 1. The molecule has 1 aliphatic carbocycles. The van der Waals surface area contributed by atoms with Gasteiger partial charge in [-0.15, -0.1) is 11.3 Å². The van der Waals surface area contributed by atoms with Gasteiger partial charge in [0.2, 0.25) is 0 Å². The Labute approximate surface area is 207 Å². The van der Waals surface area contributed by atoms with Gasteiger partial charge in [0.25, 0.3) is 0 Å². The summed E-state index contributed by atoms with van der Waals surface area (Å²) in [7, 11) is 0. The third-order valence-electron chi connectivity index (χ3n) is 7.90. The van der Waals surface area contributed by atoms with Gasteiger partial charge in [0.1, 0.15) is 17.1 Å². The van der Waals surface area contributed by atoms with Crippen LogP contribution >= 0.6 is 11.3 Å². The standard InChI is InChI=1S/C26H27FN6OS/c1-4-14-20(23-21-15(7-28)25(29)35-24(21)19(27)9-30-23)18-11-34-10-17(18)16-8-31-26(32-22(14)16)33-6-5-12(2)13(33)3/h8-9,12-13,22H,4-6,10-11,29H2,1-3H3,(H,31,32). The summed E-state index contributed by atoms with van der Waals surface area (Å²) in [4.78, 5) is 12.1. The zero-order valence-corrected chi connectivity index (χ0v) is 20.8. The average molecular weight is 491 g/mol. The van der Waals surface area contributed by atoms with E-state index in [-0.39, 0.29) is 11.6 Å². The molecule has 35 heavy (non-hydrogen) atoms. The van der Waals surface area contributed by atoms with Gasteiger partial charge in [-0.05, 0) is 42.4 Å². The molecule has 2 aromatic heterocycles. The number of halogens is 1. The number of nitrogens with two attached hydrogens (primary N) is 1. The van der Waals surface area contributed by atoms with Gasteiger partial charge in [-0.25, -0.2) is 9.38 Å². The number of hydrogen-bond acceptors (Lipinski definition) is 8. The average Bonchev–Trinajstić information content (AvgIpc) is 3.56. The molecule has 0 spiro atoms. The minimum absolute atomic E-state index is 0.182. The van der Waals surface area contributed by atoms with Crippen LogP contribution in [0.15, 0.2) is 39.7 Å². The molecule has 0 radical (unpaired) electrons. The SMILES string of the molecule is CCC1=C(c2ncc(F)c3sc(N)c(C#N)c23)C2=C(COC2)C2=CNC(N3CCC(C)C3C)=NC21. The fourth-order valence-electron chi connectivity index (χ4n) is 5.81. The van der Waals surface area contributed by atoms with Gasteiger partial charge in [0.05, 0.1) is 35.4 Å². The number of aliphatic imine (C=N–C) groups is 1. The number of nitriles is 1. The lowest BCUT2D eigenvalue weighted by molar-refractivity contribution is 0.207. The first-order valence-electron chi connectivity index (χ1n) is 12.1. The Morgan fingerprint density at radius 3 is 2.86 bits per heavy atom. The molecule has 1 saturated heterocycles. The molecule has 9 heteroatoms. The van der Waals surface area contributed by atoms with Crippen molar-refractivity contribution in [2.45, 2.75) is 45.7 Å². The molecule has 3 N–H and O–H groups in total. The van der Waals surface area contributed by atoms with Gasteiger partial charge in [-0.1, -0.05) is 13.8 Å². The number of thiophene rings is 1. The van der Waals surface area contributed by atoms with Gasteiger partial charge in [-0.3, -0.25) is 4.98 Å². The van der Waals surface area contributed by atoms with E-state index in [0.717, 1.165) is 64.5 Å². The Hall–Kier alpha value is -3.22. The Morgan fingerprint density at radius 2 is 2.14 bits per heavy atom.